The van der Waals surface area contributed by atoms with Gasteiger partial charge >= 0.3 is 5.97 Å². The minimum Gasteiger partial charge on any atom is -0.467 e. The Morgan fingerprint density at radius 3 is 2.53 bits per heavy atom. The van der Waals surface area contributed by atoms with Gasteiger partial charge in [0.15, 0.2) is 5.54 Å². The summed E-state index contributed by atoms with van der Waals surface area (Å²) < 4.78 is 4.55. The van der Waals surface area contributed by atoms with Crippen LogP contribution >= 0.6 is 0 Å². The van der Waals surface area contributed by atoms with E-state index in [4.69, 9.17) is 6.42 Å². The molecule has 0 bridgehead atoms. The van der Waals surface area contributed by atoms with E-state index in [2.05, 4.69) is 15.8 Å². The van der Waals surface area contributed by atoms with Crippen molar-refractivity contribution >= 4 is 11.9 Å². The van der Waals surface area contributed by atoms with E-state index >= 15 is 0 Å². The lowest BCUT2D eigenvalue weighted by molar-refractivity contribution is -0.147. The van der Waals surface area contributed by atoms with Gasteiger partial charge in [-0.3, -0.25) is 4.79 Å². The number of ether oxygens (including phenoxy) is 1. The van der Waals surface area contributed by atoms with Crippen LogP contribution in [0.2, 0.25) is 0 Å². The van der Waals surface area contributed by atoms with Crippen molar-refractivity contribution in [3.8, 4) is 12.3 Å². The van der Waals surface area contributed by atoms with E-state index in [-0.39, 0.29) is 0 Å². The number of amides is 1. The van der Waals surface area contributed by atoms with Crippen molar-refractivity contribution in [1.82, 2.24) is 5.32 Å². The number of carbonyl (C=O) groups excluding carboxylic acids is 2. The molecule has 0 heterocycles. The van der Waals surface area contributed by atoms with Crippen LogP contribution in [0.3, 0.4) is 0 Å². The topological polar surface area (TPSA) is 55.4 Å². The molecule has 4 nitrogen and oxygen atoms in total. The molecule has 1 unspecified atom stereocenters. The second-order valence-corrected chi connectivity index (χ2v) is 2.89. The Morgan fingerprint density at radius 2 is 2.13 bits per heavy atom. The Balaban J connectivity index is 5.04. The third-order valence-corrected chi connectivity index (χ3v) is 1.65. The van der Waals surface area contributed by atoms with Crippen LogP contribution in [-0.2, 0) is 14.3 Å². The zero-order valence-corrected chi connectivity index (χ0v) is 8.96. The monoisotopic (exact) mass is 207 g/mol. The van der Waals surface area contributed by atoms with Crippen molar-refractivity contribution in [3.63, 3.8) is 0 Å². The first-order valence-electron chi connectivity index (χ1n) is 4.25. The van der Waals surface area contributed by atoms with Crippen molar-refractivity contribution in [3.05, 3.63) is 17.9 Å². The van der Waals surface area contributed by atoms with Gasteiger partial charge in [0, 0.05) is 0 Å². The smallest absolute Gasteiger partial charge is 0.336 e. The van der Waals surface area contributed by atoms with Gasteiger partial charge in [-0.15, -0.1) is 12.2 Å². The first-order chi connectivity index (χ1) is 7.00. The molecular formula is C11H13NO3. The average molecular weight is 207 g/mol. The summed E-state index contributed by atoms with van der Waals surface area (Å²) in [6.07, 6.45) is 7.88. The second kappa shape index (κ2) is 5.69. The number of rotatable bonds is 3. The molecule has 0 rings (SSSR count). The van der Waals surface area contributed by atoms with E-state index in [1.807, 2.05) is 5.92 Å². The summed E-state index contributed by atoms with van der Waals surface area (Å²) in [5.74, 6) is 0.566. The first-order valence-corrected chi connectivity index (χ1v) is 4.25. The van der Waals surface area contributed by atoms with Crippen LogP contribution in [0.1, 0.15) is 13.8 Å². The minimum atomic E-state index is -1.29. The molecule has 1 amide bonds. The van der Waals surface area contributed by atoms with E-state index in [1.54, 1.807) is 13.0 Å². The fourth-order valence-corrected chi connectivity index (χ4v) is 0.880. The predicted molar refractivity (Wildman–Crippen MR) is 55.7 cm³/mol. The van der Waals surface area contributed by atoms with E-state index in [0.29, 0.717) is 0 Å². The van der Waals surface area contributed by atoms with Crippen molar-refractivity contribution in [2.24, 2.45) is 0 Å². The van der Waals surface area contributed by atoms with Crippen LogP contribution in [0.5, 0.6) is 0 Å². The van der Waals surface area contributed by atoms with E-state index in [1.165, 1.54) is 20.1 Å². The van der Waals surface area contributed by atoms with Crippen LogP contribution in [0.4, 0.5) is 0 Å². The number of carbonyl (C=O) groups is 2. The van der Waals surface area contributed by atoms with Crippen molar-refractivity contribution in [2.75, 3.05) is 7.11 Å². The highest BCUT2D eigenvalue weighted by atomic mass is 16.5. The molecule has 0 aliphatic heterocycles. The summed E-state index contributed by atoms with van der Waals surface area (Å²) in [5, 5.41) is 2.34. The molecule has 0 aromatic rings. The first kappa shape index (κ1) is 13.0. The molecule has 0 radical (unpaired) electrons. The summed E-state index contributed by atoms with van der Waals surface area (Å²) in [6.45, 7) is 3.21. The Bertz CT molecular complexity index is 355. The minimum absolute atomic E-state index is 0.611. The van der Waals surface area contributed by atoms with Crippen LogP contribution in [0.25, 0.3) is 0 Å². The summed E-state index contributed by atoms with van der Waals surface area (Å²) in [4.78, 5) is 22.4. The number of hydrogen-bond donors (Lipinski definition) is 1. The van der Waals surface area contributed by atoms with E-state index in [9.17, 15) is 9.59 Å². The van der Waals surface area contributed by atoms with Gasteiger partial charge < -0.3 is 10.1 Å². The molecule has 0 aromatic heterocycles. The molecular weight excluding hydrogens is 194 g/mol. The summed E-state index contributed by atoms with van der Waals surface area (Å²) in [5.41, 5.74) is 1.41. The third kappa shape index (κ3) is 3.72. The van der Waals surface area contributed by atoms with Gasteiger partial charge in [0.25, 0.3) is 5.91 Å². The summed E-state index contributed by atoms with van der Waals surface area (Å²) in [7, 11) is 1.23. The largest absolute Gasteiger partial charge is 0.467 e. The molecule has 0 aromatic carbocycles. The van der Waals surface area contributed by atoms with Crippen LogP contribution in [0.15, 0.2) is 17.9 Å². The standard InChI is InChI=1S/C11H13NO3/c1-5-7-8-11(3,10(14)15-4)12-9(13)6-2/h2,5,8H,1,3-4H3,(H,12,13). The zero-order chi connectivity index (χ0) is 11.9. The Morgan fingerprint density at radius 1 is 1.53 bits per heavy atom. The van der Waals surface area contributed by atoms with Gasteiger partial charge in [0.05, 0.1) is 7.11 Å². The summed E-state index contributed by atoms with van der Waals surface area (Å²) in [6, 6.07) is 0. The maximum atomic E-state index is 11.4. The lowest BCUT2D eigenvalue weighted by atomic mass is 10.0. The molecule has 4 heteroatoms. The molecule has 15 heavy (non-hydrogen) atoms. The molecule has 0 saturated heterocycles. The SMILES string of the molecule is C#CC(=O)NC(C)(C=C=CC)C(=O)OC. The van der Waals surface area contributed by atoms with Crippen LogP contribution in [-0.4, -0.2) is 24.5 Å². The molecule has 0 aliphatic carbocycles. The highest BCUT2D eigenvalue weighted by Crippen LogP contribution is 2.07. The second-order valence-electron chi connectivity index (χ2n) is 2.89. The predicted octanol–water partition coefficient (Wildman–Crippen LogP) is 0.399. The zero-order valence-electron chi connectivity index (χ0n) is 8.96. The Hall–Kier alpha value is -1.98. The highest BCUT2D eigenvalue weighted by Gasteiger charge is 2.33. The van der Waals surface area contributed by atoms with E-state index in [0.717, 1.165) is 0 Å². The maximum absolute atomic E-state index is 11.4. The quantitative estimate of drug-likeness (QED) is 0.414. The Kier molecular flexibility index (Phi) is 4.94. The van der Waals surface area contributed by atoms with Crippen molar-refractivity contribution in [1.29, 1.82) is 0 Å². The Labute approximate surface area is 89.0 Å². The average Bonchev–Trinajstić information content (AvgIpc) is 2.24. The third-order valence-electron chi connectivity index (χ3n) is 1.65. The molecule has 80 valence electrons. The van der Waals surface area contributed by atoms with Gasteiger partial charge in [-0.1, -0.05) is 0 Å². The molecule has 1 N–H and O–H groups in total. The lowest BCUT2D eigenvalue weighted by Gasteiger charge is -2.22. The molecule has 0 fully saturated rings. The van der Waals surface area contributed by atoms with Gasteiger partial charge in [0.1, 0.15) is 0 Å². The maximum Gasteiger partial charge on any atom is 0.336 e. The highest BCUT2D eigenvalue weighted by molar-refractivity contribution is 5.97. The van der Waals surface area contributed by atoms with E-state index < -0.39 is 17.4 Å². The summed E-state index contributed by atoms with van der Waals surface area (Å²) >= 11 is 0. The fourth-order valence-electron chi connectivity index (χ4n) is 0.880. The number of hydrogen-bond acceptors (Lipinski definition) is 3. The molecule has 0 saturated carbocycles. The lowest BCUT2D eigenvalue weighted by Crippen LogP contribution is -2.50. The normalized spacial score (nSPS) is 12.4. The van der Waals surface area contributed by atoms with Crippen LogP contribution < -0.4 is 5.32 Å². The fraction of sp³-hybridized carbons (Fsp3) is 0.364. The number of terminal acetylenes is 1. The number of esters is 1. The van der Waals surface area contributed by atoms with Gasteiger partial charge in [-0.25, -0.2) is 4.79 Å². The molecule has 1 atom stereocenters. The molecule has 0 aliphatic rings. The van der Waals surface area contributed by atoms with Crippen LogP contribution in [0, 0.1) is 12.3 Å². The van der Waals surface area contributed by atoms with Crippen molar-refractivity contribution < 1.29 is 14.3 Å². The van der Waals surface area contributed by atoms with Gasteiger partial charge in [-0.05, 0) is 31.9 Å². The molecule has 0 spiro atoms. The van der Waals surface area contributed by atoms with Gasteiger partial charge in [-0.2, -0.15) is 0 Å². The number of nitrogens with one attached hydrogen (secondary N) is 1. The van der Waals surface area contributed by atoms with Gasteiger partial charge in [0.2, 0.25) is 0 Å². The van der Waals surface area contributed by atoms with Crippen molar-refractivity contribution in [2.45, 2.75) is 19.4 Å². The number of methoxy groups -OCH3 is 1.